The molecule has 0 bridgehead atoms. The fourth-order valence-corrected chi connectivity index (χ4v) is 4.79. The lowest BCUT2D eigenvalue weighted by Gasteiger charge is -2.40. The Hall–Kier alpha value is -2.67. The second-order valence-corrected chi connectivity index (χ2v) is 8.63. The second-order valence-electron chi connectivity index (χ2n) is 8.63. The Balaban J connectivity index is 1.42. The van der Waals surface area contributed by atoms with Crippen molar-refractivity contribution in [2.24, 2.45) is 5.92 Å². The Morgan fingerprint density at radius 3 is 2.58 bits per heavy atom. The summed E-state index contributed by atoms with van der Waals surface area (Å²) >= 11 is 0. The molecule has 0 spiro atoms. The van der Waals surface area contributed by atoms with Crippen molar-refractivity contribution in [1.82, 2.24) is 19.6 Å². The molecule has 0 aliphatic carbocycles. The molecule has 166 valence electrons. The average molecular weight is 425 g/mol. The third kappa shape index (κ3) is 5.34. The Kier molecular flexibility index (Phi) is 7.02. The number of aromatic nitrogens is 2. The van der Waals surface area contributed by atoms with Crippen molar-refractivity contribution in [3.05, 3.63) is 54.4 Å². The number of rotatable bonds is 7. The van der Waals surface area contributed by atoms with E-state index in [1.165, 1.54) is 5.56 Å². The first-order valence-electron chi connectivity index (χ1n) is 11.3. The van der Waals surface area contributed by atoms with Gasteiger partial charge in [-0.1, -0.05) is 30.3 Å². The van der Waals surface area contributed by atoms with Crippen LogP contribution in [0.15, 0.2) is 48.8 Å². The summed E-state index contributed by atoms with van der Waals surface area (Å²) in [5, 5.41) is 4.17. The van der Waals surface area contributed by atoms with Crippen LogP contribution in [0.4, 0.5) is 0 Å². The minimum atomic E-state index is -0.255. The number of likely N-dealkylation sites (N-methyl/N-ethyl adjacent to an activating group) is 1. The summed E-state index contributed by atoms with van der Waals surface area (Å²) < 4.78 is 7.26. The molecule has 2 aromatic rings. The van der Waals surface area contributed by atoms with Crippen LogP contribution in [0, 0.1) is 5.92 Å². The van der Waals surface area contributed by atoms with Crippen LogP contribution in [0.3, 0.4) is 0 Å². The molecule has 7 nitrogen and oxygen atoms in total. The van der Waals surface area contributed by atoms with Gasteiger partial charge in [-0.3, -0.25) is 14.3 Å². The number of carbonyl (C=O) groups excluding carboxylic acids is 2. The van der Waals surface area contributed by atoms with E-state index in [-0.39, 0.29) is 30.5 Å². The van der Waals surface area contributed by atoms with Gasteiger partial charge in [-0.25, -0.2) is 0 Å². The minimum absolute atomic E-state index is 0.0579. The summed E-state index contributed by atoms with van der Waals surface area (Å²) in [6.07, 6.45) is 7.66. The number of hydrogen-bond acceptors (Lipinski definition) is 4. The van der Waals surface area contributed by atoms with Crippen molar-refractivity contribution < 1.29 is 14.3 Å². The molecule has 1 aromatic heterocycles. The summed E-state index contributed by atoms with van der Waals surface area (Å²) in [5.74, 6) is 0.543. The summed E-state index contributed by atoms with van der Waals surface area (Å²) in [6, 6.07) is 12.3. The Morgan fingerprint density at radius 2 is 1.94 bits per heavy atom. The van der Waals surface area contributed by atoms with Crippen molar-refractivity contribution in [3.63, 3.8) is 0 Å². The van der Waals surface area contributed by atoms with E-state index < -0.39 is 0 Å². The molecule has 3 heterocycles. The molecular formula is C24H32N4O3. The molecule has 0 saturated carbocycles. The van der Waals surface area contributed by atoms with Gasteiger partial charge in [-0.15, -0.1) is 0 Å². The smallest absolute Gasteiger partial charge is 0.251 e. The number of hydrogen-bond donors (Lipinski definition) is 0. The SMILES string of the molecule is CN(C(=O)Cn1cccn1)[C@@H](Cc1ccccc1)C1CCN(C(=O)[C@@H]2CCCO2)CC1. The predicted molar refractivity (Wildman–Crippen MR) is 117 cm³/mol. The molecule has 7 heteroatoms. The van der Waals surface area contributed by atoms with E-state index >= 15 is 0 Å². The number of piperidine rings is 1. The van der Waals surface area contributed by atoms with E-state index in [4.69, 9.17) is 4.74 Å². The van der Waals surface area contributed by atoms with Gasteiger partial charge in [0, 0.05) is 45.2 Å². The lowest BCUT2D eigenvalue weighted by molar-refractivity contribution is -0.143. The van der Waals surface area contributed by atoms with Crippen LogP contribution in [-0.4, -0.2) is 70.3 Å². The highest BCUT2D eigenvalue weighted by Gasteiger charge is 2.35. The van der Waals surface area contributed by atoms with Gasteiger partial charge in [0.05, 0.1) is 0 Å². The van der Waals surface area contributed by atoms with E-state index in [0.29, 0.717) is 12.5 Å². The number of nitrogens with zero attached hydrogens (tertiary/aromatic N) is 4. The van der Waals surface area contributed by atoms with Crippen LogP contribution in [0.5, 0.6) is 0 Å². The quantitative estimate of drug-likeness (QED) is 0.684. The Labute approximate surface area is 184 Å². The Morgan fingerprint density at radius 1 is 1.16 bits per heavy atom. The number of likely N-dealkylation sites (tertiary alicyclic amines) is 1. The number of benzene rings is 1. The zero-order valence-corrected chi connectivity index (χ0v) is 18.2. The van der Waals surface area contributed by atoms with Gasteiger partial charge < -0.3 is 14.5 Å². The largest absolute Gasteiger partial charge is 0.368 e. The summed E-state index contributed by atoms with van der Waals surface area (Å²) in [6.45, 7) is 2.39. The third-order valence-electron chi connectivity index (χ3n) is 6.64. The van der Waals surface area contributed by atoms with E-state index in [2.05, 4.69) is 17.2 Å². The predicted octanol–water partition coefficient (Wildman–Crippen LogP) is 2.37. The first-order valence-corrected chi connectivity index (χ1v) is 11.3. The molecule has 0 unspecified atom stereocenters. The second kappa shape index (κ2) is 10.1. The molecule has 1 aromatic carbocycles. The van der Waals surface area contributed by atoms with Crippen LogP contribution >= 0.6 is 0 Å². The highest BCUT2D eigenvalue weighted by molar-refractivity contribution is 5.81. The lowest BCUT2D eigenvalue weighted by atomic mass is 9.84. The van der Waals surface area contributed by atoms with E-state index in [1.54, 1.807) is 10.9 Å². The molecular weight excluding hydrogens is 392 g/mol. The van der Waals surface area contributed by atoms with Crippen molar-refractivity contribution in [3.8, 4) is 0 Å². The van der Waals surface area contributed by atoms with Gasteiger partial charge in [0.15, 0.2) is 0 Å². The zero-order valence-electron chi connectivity index (χ0n) is 18.2. The monoisotopic (exact) mass is 424 g/mol. The van der Waals surface area contributed by atoms with Gasteiger partial charge in [-0.2, -0.15) is 5.10 Å². The highest BCUT2D eigenvalue weighted by Crippen LogP contribution is 2.28. The first kappa shape index (κ1) is 21.6. The van der Waals surface area contributed by atoms with Crippen LogP contribution in [0.25, 0.3) is 0 Å². The summed E-state index contributed by atoms with van der Waals surface area (Å²) in [7, 11) is 1.91. The van der Waals surface area contributed by atoms with Crippen LogP contribution in [-0.2, 0) is 27.3 Å². The molecule has 0 N–H and O–H groups in total. The van der Waals surface area contributed by atoms with Gasteiger partial charge in [-0.05, 0) is 49.7 Å². The van der Waals surface area contributed by atoms with Crippen molar-refractivity contribution in [1.29, 1.82) is 0 Å². The van der Waals surface area contributed by atoms with Crippen molar-refractivity contribution in [2.45, 2.75) is 50.8 Å². The summed E-state index contributed by atoms with van der Waals surface area (Å²) in [5.41, 5.74) is 1.23. The van der Waals surface area contributed by atoms with Gasteiger partial charge in [0.1, 0.15) is 12.6 Å². The molecule has 2 aliphatic heterocycles. The zero-order chi connectivity index (χ0) is 21.6. The van der Waals surface area contributed by atoms with Gasteiger partial charge >= 0.3 is 0 Å². The van der Waals surface area contributed by atoms with Crippen LogP contribution in [0.1, 0.15) is 31.2 Å². The maximum Gasteiger partial charge on any atom is 0.251 e. The van der Waals surface area contributed by atoms with E-state index in [9.17, 15) is 9.59 Å². The maximum absolute atomic E-state index is 13.0. The standard InChI is InChI=1S/C24H32N4O3/c1-26(23(29)18-28-13-6-12-25-28)21(17-19-7-3-2-4-8-19)20-10-14-27(15-11-20)24(30)22-9-5-16-31-22/h2-4,6-8,12-13,20-22H,5,9-11,14-18H2,1H3/t21-,22-/m0/s1. The topological polar surface area (TPSA) is 67.7 Å². The number of ether oxygens (including phenoxy) is 1. The molecule has 2 fully saturated rings. The fourth-order valence-electron chi connectivity index (χ4n) is 4.79. The number of amides is 2. The number of carbonyl (C=O) groups is 2. The minimum Gasteiger partial charge on any atom is -0.368 e. The highest BCUT2D eigenvalue weighted by atomic mass is 16.5. The summed E-state index contributed by atoms with van der Waals surface area (Å²) in [4.78, 5) is 29.6. The normalized spacial score (nSPS) is 20.5. The van der Waals surface area contributed by atoms with Crippen LogP contribution < -0.4 is 0 Å². The van der Waals surface area contributed by atoms with E-state index in [1.807, 2.05) is 47.3 Å². The van der Waals surface area contributed by atoms with Crippen LogP contribution in [0.2, 0.25) is 0 Å². The molecule has 4 rings (SSSR count). The molecule has 2 aliphatic rings. The molecule has 0 radical (unpaired) electrons. The molecule has 31 heavy (non-hydrogen) atoms. The average Bonchev–Trinajstić information content (AvgIpc) is 3.52. The van der Waals surface area contributed by atoms with E-state index in [0.717, 1.165) is 45.2 Å². The van der Waals surface area contributed by atoms with Gasteiger partial charge in [0.25, 0.3) is 5.91 Å². The first-order chi connectivity index (χ1) is 15.1. The maximum atomic E-state index is 13.0. The lowest BCUT2D eigenvalue weighted by Crippen LogP contribution is -2.50. The van der Waals surface area contributed by atoms with Crippen molar-refractivity contribution >= 4 is 11.8 Å². The van der Waals surface area contributed by atoms with Crippen molar-refractivity contribution in [2.75, 3.05) is 26.7 Å². The molecule has 2 saturated heterocycles. The Bertz CT molecular complexity index is 841. The fraction of sp³-hybridized carbons (Fsp3) is 0.542. The molecule has 2 atom stereocenters. The third-order valence-corrected chi connectivity index (χ3v) is 6.64. The van der Waals surface area contributed by atoms with Gasteiger partial charge in [0.2, 0.25) is 5.91 Å². The molecule has 2 amide bonds.